The van der Waals surface area contributed by atoms with Crippen molar-refractivity contribution in [1.82, 2.24) is 4.90 Å². The Labute approximate surface area is 187 Å². The highest BCUT2D eigenvalue weighted by molar-refractivity contribution is 6.31. The Morgan fingerprint density at radius 2 is 1.77 bits per heavy atom. The average Bonchev–Trinajstić information content (AvgIpc) is 2.77. The number of hydrogen-bond acceptors (Lipinski definition) is 3. The fourth-order valence-electron chi connectivity index (χ4n) is 3.43. The van der Waals surface area contributed by atoms with Gasteiger partial charge in [-0.15, -0.1) is 0 Å². The summed E-state index contributed by atoms with van der Waals surface area (Å²) in [6.07, 6.45) is 0. The molecule has 0 saturated carbocycles. The molecular formula is C25H25ClN2O3. The van der Waals surface area contributed by atoms with Crippen molar-refractivity contribution >= 4 is 29.1 Å². The number of amides is 2. The number of halogens is 1. The van der Waals surface area contributed by atoms with E-state index in [2.05, 4.69) is 5.32 Å². The quantitative estimate of drug-likeness (QED) is 0.516. The summed E-state index contributed by atoms with van der Waals surface area (Å²) in [6, 6.07) is 22.0. The highest BCUT2D eigenvalue weighted by atomic mass is 35.5. The minimum Gasteiger partial charge on any atom is -0.496 e. The molecule has 0 saturated heterocycles. The van der Waals surface area contributed by atoms with E-state index in [1.807, 2.05) is 61.5 Å². The molecule has 0 aliphatic carbocycles. The first-order valence-electron chi connectivity index (χ1n) is 9.95. The number of methoxy groups -OCH3 is 1. The predicted molar refractivity (Wildman–Crippen MR) is 123 cm³/mol. The summed E-state index contributed by atoms with van der Waals surface area (Å²) in [5, 5.41) is 3.26. The molecule has 5 nitrogen and oxygen atoms in total. The lowest BCUT2D eigenvalue weighted by Crippen LogP contribution is -2.33. The van der Waals surface area contributed by atoms with Crippen LogP contribution in [0.5, 0.6) is 5.75 Å². The van der Waals surface area contributed by atoms with Crippen LogP contribution in [0.3, 0.4) is 0 Å². The fourth-order valence-corrected chi connectivity index (χ4v) is 3.60. The molecule has 0 aliphatic heterocycles. The van der Waals surface area contributed by atoms with Gasteiger partial charge in [0.1, 0.15) is 5.75 Å². The SMILES string of the molecule is COc1ccc(Cl)cc1C(=O)N(Cc1ccccc1)C(C)c1cccc(NC(C)=O)c1. The van der Waals surface area contributed by atoms with Gasteiger partial charge in [-0.25, -0.2) is 0 Å². The van der Waals surface area contributed by atoms with Gasteiger partial charge in [0.2, 0.25) is 5.91 Å². The lowest BCUT2D eigenvalue weighted by molar-refractivity contribution is -0.114. The van der Waals surface area contributed by atoms with Crippen LogP contribution in [-0.4, -0.2) is 23.8 Å². The molecule has 0 aliphatic rings. The van der Waals surface area contributed by atoms with E-state index in [9.17, 15) is 9.59 Å². The topological polar surface area (TPSA) is 58.6 Å². The summed E-state index contributed by atoms with van der Waals surface area (Å²) in [5.41, 5.74) is 2.98. The molecule has 3 rings (SSSR count). The average molecular weight is 437 g/mol. The van der Waals surface area contributed by atoms with Crippen molar-refractivity contribution < 1.29 is 14.3 Å². The Morgan fingerprint density at radius 1 is 1.03 bits per heavy atom. The molecule has 0 radical (unpaired) electrons. The Kier molecular flexibility index (Phi) is 7.32. The lowest BCUT2D eigenvalue weighted by atomic mass is 10.0. The molecule has 6 heteroatoms. The monoisotopic (exact) mass is 436 g/mol. The first-order chi connectivity index (χ1) is 14.9. The number of nitrogens with zero attached hydrogens (tertiary/aromatic N) is 1. The first-order valence-corrected chi connectivity index (χ1v) is 10.3. The molecule has 0 bridgehead atoms. The van der Waals surface area contributed by atoms with Crippen molar-refractivity contribution in [2.75, 3.05) is 12.4 Å². The van der Waals surface area contributed by atoms with Crippen molar-refractivity contribution in [2.24, 2.45) is 0 Å². The number of ether oxygens (including phenoxy) is 1. The van der Waals surface area contributed by atoms with E-state index in [1.54, 1.807) is 23.1 Å². The number of benzene rings is 3. The second-order valence-electron chi connectivity index (χ2n) is 7.25. The fraction of sp³-hybridized carbons (Fsp3) is 0.200. The van der Waals surface area contributed by atoms with Crippen molar-refractivity contribution in [3.63, 3.8) is 0 Å². The number of hydrogen-bond donors (Lipinski definition) is 1. The van der Waals surface area contributed by atoms with E-state index in [0.717, 1.165) is 11.1 Å². The molecule has 2 amide bonds. The minimum atomic E-state index is -0.273. The molecule has 0 fully saturated rings. The lowest BCUT2D eigenvalue weighted by Gasteiger charge is -2.31. The molecule has 1 unspecified atom stereocenters. The van der Waals surface area contributed by atoms with Crippen LogP contribution in [-0.2, 0) is 11.3 Å². The minimum absolute atomic E-state index is 0.148. The van der Waals surface area contributed by atoms with E-state index >= 15 is 0 Å². The zero-order valence-electron chi connectivity index (χ0n) is 17.8. The second kappa shape index (κ2) is 10.1. The zero-order chi connectivity index (χ0) is 22.4. The van der Waals surface area contributed by atoms with Gasteiger partial charge < -0.3 is 15.0 Å². The van der Waals surface area contributed by atoms with Gasteiger partial charge in [-0.1, -0.05) is 54.1 Å². The third kappa shape index (κ3) is 5.64. The highest BCUT2D eigenvalue weighted by Gasteiger charge is 2.26. The van der Waals surface area contributed by atoms with Gasteiger partial charge in [0.05, 0.1) is 18.7 Å². The van der Waals surface area contributed by atoms with Crippen molar-refractivity contribution in [3.05, 3.63) is 94.5 Å². The van der Waals surface area contributed by atoms with Gasteiger partial charge in [-0.2, -0.15) is 0 Å². The van der Waals surface area contributed by atoms with Gasteiger partial charge >= 0.3 is 0 Å². The van der Waals surface area contributed by atoms with Crippen molar-refractivity contribution in [3.8, 4) is 5.75 Å². The standard InChI is InChI=1S/C25H25ClN2O3/c1-17(20-10-7-11-22(14-20)27-18(2)29)28(16-19-8-5-4-6-9-19)25(30)23-15-21(26)12-13-24(23)31-3/h4-15,17H,16H2,1-3H3,(H,27,29). The van der Waals surface area contributed by atoms with Gasteiger partial charge in [-0.05, 0) is 48.4 Å². The van der Waals surface area contributed by atoms with Crippen LogP contribution in [0.1, 0.15) is 41.4 Å². The summed E-state index contributed by atoms with van der Waals surface area (Å²) >= 11 is 6.18. The zero-order valence-corrected chi connectivity index (χ0v) is 18.5. The third-order valence-electron chi connectivity index (χ3n) is 5.01. The Morgan fingerprint density at radius 3 is 2.45 bits per heavy atom. The van der Waals surface area contributed by atoms with Crippen molar-refractivity contribution in [1.29, 1.82) is 0 Å². The van der Waals surface area contributed by atoms with E-state index in [1.165, 1.54) is 14.0 Å². The van der Waals surface area contributed by atoms with Crippen LogP contribution in [0.15, 0.2) is 72.8 Å². The smallest absolute Gasteiger partial charge is 0.258 e. The van der Waals surface area contributed by atoms with Crippen LogP contribution in [0, 0.1) is 0 Å². The molecule has 31 heavy (non-hydrogen) atoms. The van der Waals surface area contributed by atoms with Crippen molar-refractivity contribution in [2.45, 2.75) is 26.4 Å². The number of carbonyl (C=O) groups is 2. The number of nitrogens with one attached hydrogen (secondary N) is 1. The van der Waals surface area contributed by atoms with Crippen LogP contribution < -0.4 is 10.1 Å². The van der Waals surface area contributed by atoms with E-state index in [-0.39, 0.29) is 17.9 Å². The summed E-state index contributed by atoms with van der Waals surface area (Å²) in [7, 11) is 1.53. The van der Waals surface area contributed by atoms with E-state index in [4.69, 9.17) is 16.3 Å². The Hall–Kier alpha value is -3.31. The number of anilines is 1. The van der Waals surface area contributed by atoms with Crippen LogP contribution in [0.25, 0.3) is 0 Å². The summed E-state index contributed by atoms with van der Waals surface area (Å²) < 4.78 is 5.42. The molecule has 0 aromatic heterocycles. The number of carbonyl (C=O) groups excluding carboxylic acids is 2. The maximum absolute atomic E-state index is 13.7. The second-order valence-corrected chi connectivity index (χ2v) is 7.68. The van der Waals surface area contributed by atoms with E-state index < -0.39 is 0 Å². The van der Waals surface area contributed by atoms with E-state index in [0.29, 0.717) is 28.6 Å². The molecule has 1 atom stereocenters. The largest absolute Gasteiger partial charge is 0.496 e. The Balaban J connectivity index is 2.01. The summed E-state index contributed by atoms with van der Waals surface area (Å²) in [5.74, 6) is 0.123. The van der Waals surface area contributed by atoms with Gasteiger partial charge in [0.15, 0.2) is 0 Å². The molecule has 0 heterocycles. The first kappa shape index (κ1) is 22.4. The summed E-state index contributed by atoms with van der Waals surface area (Å²) in [4.78, 5) is 26.9. The van der Waals surface area contributed by atoms with Gasteiger partial charge in [-0.3, -0.25) is 9.59 Å². The van der Waals surface area contributed by atoms with Crippen LogP contribution in [0.4, 0.5) is 5.69 Å². The highest BCUT2D eigenvalue weighted by Crippen LogP contribution is 2.30. The van der Waals surface area contributed by atoms with Crippen LogP contribution >= 0.6 is 11.6 Å². The summed E-state index contributed by atoms with van der Waals surface area (Å²) in [6.45, 7) is 3.83. The molecule has 3 aromatic carbocycles. The van der Waals surface area contributed by atoms with Gasteiger partial charge in [0.25, 0.3) is 5.91 Å². The predicted octanol–water partition coefficient (Wildman–Crippen LogP) is 5.71. The third-order valence-corrected chi connectivity index (χ3v) is 5.24. The molecule has 160 valence electrons. The molecular weight excluding hydrogens is 412 g/mol. The van der Waals surface area contributed by atoms with Crippen LogP contribution in [0.2, 0.25) is 5.02 Å². The molecule has 1 N–H and O–H groups in total. The number of rotatable bonds is 7. The maximum atomic E-state index is 13.7. The molecule has 0 spiro atoms. The Bertz CT molecular complexity index is 1070. The van der Waals surface area contributed by atoms with Gasteiger partial charge in [0, 0.05) is 24.2 Å². The molecule has 3 aromatic rings. The maximum Gasteiger partial charge on any atom is 0.258 e. The normalized spacial score (nSPS) is 11.5.